The van der Waals surface area contributed by atoms with Crippen molar-refractivity contribution in [1.29, 1.82) is 0 Å². The van der Waals surface area contributed by atoms with Crippen LogP contribution >= 0.6 is 0 Å². The SMILES string of the molecule is COC(=O)C[C@H](C)N(CC/C=C/B1OC(C)(C)C(C)(C)O1)C(=O)OC(C)(C)C. The van der Waals surface area contributed by atoms with E-state index in [-0.39, 0.29) is 29.6 Å². The highest BCUT2D eigenvalue weighted by atomic mass is 16.7. The lowest BCUT2D eigenvalue weighted by Crippen LogP contribution is -2.43. The average molecular weight is 397 g/mol. The second-order valence-corrected chi connectivity index (χ2v) is 9.14. The number of amides is 1. The van der Waals surface area contributed by atoms with Crippen molar-refractivity contribution in [2.45, 2.75) is 91.1 Å². The second-order valence-electron chi connectivity index (χ2n) is 9.14. The summed E-state index contributed by atoms with van der Waals surface area (Å²) in [7, 11) is 0.910. The number of carbonyl (C=O) groups is 2. The Morgan fingerprint density at radius 1 is 1.14 bits per heavy atom. The quantitative estimate of drug-likeness (QED) is 0.481. The summed E-state index contributed by atoms with van der Waals surface area (Å²) in [5.74, 6) is 1.49. The first-order chi connectivity index (χ1) is 12.7. The van der Waals surface area contributed by atoms with Gasteiger partial charge in [-0.15, -0.1) is 0 Å². The van der Waals surface area contributed by atoms with Gasteiger partial charge >= 0.3 is 19.2 Å². The first-order valence-electron chi connectivity index (χ1n) is 9.77. The molecule has 1 amide bonds. The van der Waals surface area contributed by atoms with E-state index in [0.717, 1.165) is 0 Å². The van der Waals surface area contributed by atoms with Crippen LogP contribution in [0.15, 0.2) is 12.1 Å². The Morgan fingerprint density at radius 3 is 2.14 bits per heavy atom. The minimum Gasteiger partial charge on any atom is -0.469 e. The fraction of sp³-hybridized carbons (Fsp3) is 0.800. The van der Waals surface area contributed by atoms with Crippen LogP contribution in [0.5, 0.6) is 0 Å². The Bertz CT molecular complexity index is 566. The maximum atomic E-state index is 12.6. The van der Waals surface area contributed by atoms with Crippen LogP contribution in [0.3, 0.4) is 0 Å². The number of esters is 1. The molecule has 0 bridgehead atoms. The molecule has 1 atom stereocenters. The molecule has 1 aliphatic heterocycles. The molecule has 8 heteroatoms. The normalized spacial score (nSPS) is 19.5. The Kier molecular flexibility index (Phi) is 8.15. The fourth-order valence-electron chi connectivity index (χ4n) is 2.64. The monoisotopic (exact) mass is 397 g/mol. The number of rotatable bonds is 7. The Hall–Kier alpha value is -1.54. The summed E-state index contributed by atoms with van der Waals surface area (Å²) in [5.41, 5.74) is -1.39. The van der Waals surface area contributed by atoms with Gasteiger partial charge in [0, 0.05) is 12.6 Å². The van der Waals surface area contributed by atoms with E-state index in [9.17, 15) is 9.59 Å². The van der Waals surface area contributed by atoms with Crippen LogP contribution in [-0.4, -0.2) is 60.6 Å². The van der Waals surface area contributed by atoms with Crippen molar-refractivity contribution in [3.8, 4) is 0 Å². The molecule has 1 aliphatic rings. The molecular weight excluding hydrogens is 361 g/mol. The minimum absolute atomic E-state index is 0.108. The van der Waals surface area contributed by atoms with Gasteiger partial charge in [-0.25, -0.2) is 4.79 Å². The molecule has 0 aromatic heterocycles. The first-order valence-corrected chi connectivity index (χ1v) is 9.77. The van der Waals surface area contributed by atoms with Gasteiger partial charge in [0.25, 0.3) is 0 Å². The minimum atomic E-state index is -0.612. The van der Waals surface area contributed by atoms with Crippen LogP contribution in [-0.2, 0) is 23.6 Å². The van der Waals surface area contributed by atoms with Crippen LogP contribution in [0.2, 0.25) is 0 Å². The number of hydrogen-bond acceptors (Lipinski definition) is 6. The van der Waals surface area contributed by atoms with Crippen molar-refractivity contribution in [3.05, 3.63) is 12.1 Å². The van der Waals surface area contributed by atoms with E-state index in [1.54, 1.807) is 11.8 Å². The van der Waals surface area contributed by atoms with Gasteiger partial charge in [-0.1, -0.05) is 12.1 Å². The summed E-state index contributed by atoms with van der Waals surface area (Å²) < 4.78 is 22.0. The van der Waals surface area contributed by atoms with Gasteiger partial charge < -0.3 is 23.7 Å². The summed E-state index contributed by atoms with van der Waals surface area (Å²) in [6, 6.07) is -0.340. The van der Waals surface area contributed by atoms with Gasteiger partial charge in [0.15, 0.2) is 0 Å². The van der Waals surface area contributed by atoms with Crippen LogP contribution in [0.25, 0.3) is 0 Å². The lowest BCUT2D eigenvalue weighted by molar-refractivity contribution is -0.141. The number of hydrogen-bond donors (Lipinski definition) is 0. The van der Waals surface area contributed by atoms with E-state index >= 15 is 0 Å². The van der Waals surface area contributed by atoms with Gasteiger partial charge in [0.1, 0.15) is 5.60 Å². The Morgan fingerprint density at radius 2 is 1.68 bits per heavy atom. The number of methoxy groups -OCH3 is 1. The zero-order chi connectivity index (χ0) is 21.8. The summed E-state index contributed by atoms with van der Waals surface area (Å²) >= 11 is 0. The predicted octanol–water partition coefficient (Wildman–Crippen LogP) is 3.75. The van der Waals surface area contributed by atoms with Crippen molar-refractivity contribution < 1.29 is 28.4 Å². The fourth-order valence-corrected chi connectivity index (χ4v) is 2.64. The van der Waals surface area contributed by atoms with Crippen molar-refractivity contribution in [2.75, 3.05) is 13.7 Å². The second kappa shape index (κ2) is 9.31. The maximum absolute atomic E-state index is 12.6. The lowest BCUT2D eigenvalue weighted by Gasteiger charge is -2.32. The molecule has 160 valence electrons. The van der Waals surface area contributed by atoms with Crippen LogP contribution in [0.1, 0.15) is 68.2 Å². The molecule has 0 aromatic rings. The van der Waals surface area contributed by atoms with Crippen molar-refractivity contribution >= 4 is 19.2 Å². The first kappa shape index (κ1) is 24.5. The Labute approximate surface area is 169 Å². The van der Waals surface area contributed by atoms with Gasteiger partial charge in [0.2, 0.25) is 0 Å². The molecule has 0 aliphatic carbocycles. The number of nitrogens with zero attached hydrogens (tertiary/aromatic N) is 1. The lowest BCUT2D eigenvalue weighted by atomic mass is 9.90. The van der Waals surface area contributed by atoms with E-state index in [0.29, 0.717) is 13.0 Å². The number of carbonyl (C=O) groups excluding carboxylic acids is 2. The Balaban J connectivity index is 2.71. The highest BCUT2D eigenvalue weighted by Crippen LogP contribution is 2.36. The summed E-state index contributed by atoms with van der Waals surface area (Å²) in [4.78, 5) is 25.7. The van der Waals surface area contributed by atoms with Gasteiger partial charge in [-0.2, -0.15) is 0 Å². The molecule has 0 radical (unpaired) electrons. The third-order valence-electron chi connectivity index (χ3n) is 4.95. The van der Waals surface area contributed by atoms with Gasteiger partial charge in [-0.05, 0) is 61.8 Å². The van der Waals surface area contributed by atoms with E-state index in [1.165, 1.54) is 7.11 Å². The van der Waals surface area contributed by atoms with Gasteiger partial charge in [0.05, 0.1) is 24.7 Å². The average Bonchev–Trinajstić information content (AvgIpc) is 2.72. The molecule has 28 heavy (non-hydrogen) atoms. The molecule has 1 heterocycles. The smallest absolute Gasteiger partial charge is 0.469 e. The topological polar surface area (TPSA) is 74.3 Å². The van der Waals surface area contributed by atoms with Gasteiger partial charge in [-0.3, -0.25) is 4.79 Å². The van der Waals surface area contributed by atoms with Crippen LogP contribution < -0.4 is 0 Å². The van der Waals surface area contributed by atoms with E-state index in [1.807, 2.05) is 60.5 Å². The van der Waals surface area contributed by atoms with Crippen LogP contribution in [0, 0.1) is 0 Å². The third-order valence-corrected chi connectivity index (χ3v) is 4.95. The zero-order valence-electron chi connectivity index (χ0n) is 18.8. The molecule has 0 saturated carbocycles. The summed E-state index contributed by atoms with van der Waals surface area (Å²) in [6.07, 6.45) is 2.16. The zero-order valence-corrected chi connectivity index (χ0v) is 18.8. The molecule has 1 saturated heterocycles. The molecule has 0 N–H and O–H groups in total. The molecule has 0 aromatic carbocycles. The highest BCUT2D eigenvalue weighted by molar-refractivity contribution is 6.51. The van der Waals surface area contributed by atoms with E-state index in [4.69, 9.17) is 18.8 Å². The highest BCUT2D eigenvalue weighted by Gasteiger charge is 2.49. The van der Waals surface area contributed by atoms with Crippen LogP contribution in [0.4, 0.5) is 4.79 Å². The van der Waals surface area contributed by atoms with E-state index < -0.39 is 18.8 Å². The number of ether oxygens (including phenoxy) is 2. The van der Waals surface area contributed by atoms with Crippen molar-refractivity contribution in [1.82, 2.24) is 4.90 Å². The molecule has 7 nitrogen and oxygen atoms in total. The molecule has 0 unspecified atom stereocenters. The maximum Gasteiger partial charge on any atom is 0.486 e. The summed E-state index contributed by atoms with van der Waals surface area (Å²) in [5, 5.41) is 0. The van der Waals surface area contributed by atoms with E-state index in [2.05, 4.69) is 0 Å². The predicted molar refractivity (Wildman–Crippen MR) is 109 cm³/mol. The van der Waals surface area contributed by atoms with Crippen molar-refractivity contribution in [2.24, 2.45) is 0 Å². The largest absolute Gasteiger partial charge is 0.486 e. The molecule has 1 rings (SSSR count). The summed E-state index contributed by atoms with van der Waals surface area (Å²) in [6.45, 7) is 15.6. The molecular formula is C20H36BNO6. The molecule has 0 spiro atoms. The molecule has 1 fully saturated rings. The van der Waals surface area contributed by atoms with Crippen molar-refractivity contribution in [3.63, 3.8) is 0 Å². The third kappa shape index (κ3) is 7.13. The standard InChI is InChI=1S/C20H36BNO6/c1-15(14-16(23)25-9)22(17(24)26-18(2,3)4)13-11-10-12-21-27-19(5,6)20(7,8)28-21/h10,12,15H,11,13-14H2,1-9H3/b12-10+/t15-/m0/s1.